The van der Waals surface area contributed by atoms with Crippen molar-refractivity contribution in [2.24, 2.45) is 0 Å². The third-order valence-electron chi connectivity index (χ3n) is 4.00. The van der Waals surface area contributed by atoms with Gasteiger partial charge in [-0.1, -0.05) is 0 Å². The number of rotatable bonds is 4. The fraction of sp³-hybridized carbons (Fsp3) is 0.562. The first-order chi connectivity index (χ1) is 10.6. The largest absolute Gasteiger partial charge is 0.377 e. The van der Waals surface area contributed by atoms with Crippen LogP contribution in [-0.2, 0) is 9.59 Å². The number of nitrogens with zero attached hydrogens (tertiary/aromatic N) is 3. The highest BCUT2D eigenvalue weighted by Gasteiger charge is 2.39. The zero-order chi connectivity index (χ0) is 16.1. The van der Waals surface area contributed by atoms with E-state index in [0.717, 1.165) is 22.9 Å². The molecule has 0 bridgehead atoms. The number of hydrogen-bond acceptors (Lipinski definition) is 4. The molecule has 0 spiro atoms. The number of hydrogen-bond donors (Lipinski definition) is 0. The standard InChI is InChI=1S/C16H23N3O3/c1-3-18-14(20)13(15(21)19(4-2)16(18)22)9-8-12-17-10-6-5-7-11-17/h8-9,12H,3-7,10-11H2,1-2H3/b12-8+. The zero-order valence-corrected chi connectivity index (χ0v) is 13.2. The highest BCUT2D eigenvalue weighted by Crippen LogP contribution is 2.17. The molecule has 2 aliphatic heterocycles. The monoisotopic (exact) mass is 305 g/mol. The molecule has 2 saturated heterocycles. The van der Waals surface area contributed by atoms with Gasteiger partial charge in [-0.25, -0.2) is 4.79 Å². The number of carbonyl (C=O) groups excluding carboxylic acids is 3. The zero-order valence-electron chi connectivity index (χ0n) is 13.2. The SMILES string of the molecule is CCN1C(=O)C(=C/C=C/N2CCCCC2)C(=O)N(CC)C1=O. The van der Waals surface area contributed by atoms with E-state index in [-0.39, 0.29) is 18.7 Å². The minimum absolute atomic E-state index is 0.0524. The Morgan fingerprint density at radius 2 is 1.45 bits per heavy atom. The van der Waals surface area contributed by atoms with Gasteiger partial charge in [-0.05, 0) is 51.5 Å². The van der Waals surface area contributed by atoms with Gasteiger partial charge in [0, 0.05) is 26.2 Å². The molecule has 2 heterocycles. The second kappa shape index (κ2) is 7.24. The number of barbiturate groups is 1. The molecule has 4 amide bonds. The van der Waals surface area contributed by atoms with Gasteiger partial charge in [-0.3, -0.25) is 19.4 Å². The molecule has 6 heteroatoms. The minimum Gasteiger partial charge on any atom is -0.377 e. The van der Waals surface area contributed by atoms with Gasteiger partial charge in [0.15, 0.2) is 0 Å². The Labute approximate surface area is 131 Å². The summed E-state index contributed by atoms with van der Waals surface area (Å²) in [5.41, 5.74) is 0.0524. The van der Waals surface area contributed by atoms with Crippen LogP contribution in [0, 0.1) is 0 Å². The predicted molar refractivity (Wildman–Crippen MR) is 82.8 cm³/mol. The summed E-state index contributed by atoms with van der Waals surface area (Å²) in [6, 6.07) is -0.530. The molecule has 0 aromatic rings. The lowest BCUT2D eigenvalue weighted by molar-refractivity contribution is -0.135. The van der Waals surface area contributed by atoms with Crippen LogP contribution < -0.4 is 0 Å². The molecule has 2 rings (SSSR count). The maximum absolute atomic E-state index is 12.3. The summed E-state index contributed by atoms with van der Waals surface area (Å²) >= 11 is 0. The van der Waals surface area contributed by atoms with Gasteiger partial charge >= 0.3 is 6.03 Å². The van der Waals surface area contributed by atoms with E-state index in [9.17, 15) is 14.4 Å². The molecule has 6 nitrogen and oxygen atoms in total. The van der Waals surface area contributed by atoms with Gasteiger partial charge in [0.05, 0.1) is 0 Å². The molecule has 2 fully saturated rings. The van der Waals surface area contributed by atoms with E-state index in [1.54, 1.807) is 19.9 Å². The summed E-state index contributed by atoms with van der Waals surface area (Å²) in [5, 5.41) is 0. The molecule has 0 N–H and O–H groups in total. The second-order valence-electron chi connectivity index (χ2n) is 5.40. The van der Waals surface area contributed by atoms with Gasteiger partial charge in [0.25, 0.3) is 11.8 Å². The highest BCUT2D eigenvalue weighted by atomic mass is 16.2. The normalized spacial score (nSPS) is 20.4. The molecular formula is C16H23N3O3. The Hall–Kier alpha value is -2.11. The smallest absolute Gasteiger partial charge is 0.333 e. The van der Waals surface area contributed by atoms with E-state index < -0.39 is 17.8 Å². The number of amides is 4. The maximum Gasteiger partial charge on any atom is 0.333 e. The van der Waals surface area contributed by atoms with E-state index in [2.05, 4.69) is 4.90 Å². The number of likely N-dealkylation sites (N-methyl/N-ethyl adjacent to an activating group) is 2. The fourth-order valence-corrected chi connectivity index (χ4v) is 2.73. The number of likely N-dealkylation sites (tertiary alicyclic amines) is 1. The Morgan fingerprint density at radius 1 is 0.909 bits per heavy atom. The van der Waals surface area contributed by atoms with Crippen molar-refractivity contribution in [3.63, 3.8) is 0 Å². The molecule has 120 valence electrons. The van der Waals surface area contributed by atoms with Crippen molar-refractivity contribution in [3.8, 4) is 0 Å². The highest BCUT2D eigenvalue weighted by molar-refractivity contribution is 6.28. The Bertz CT molecular complexity index is 491. The van der Waals surface area contributed by atoms with Crippen molar-refractivity contribution in [1.82, 2.24) is 14.7 Å². The van der Waals surface area contributed by atoms with Gasteiger partial charge in [-0.15, -0.1) is 0 Å². The first-order valence-corrected chi connectivity index (χ1v) is 7.90. The molecule has 0 aromatic heterocycles. The van der Waals surface area contributed by atoms with Crippen LogP contribution in [-0.4, -0.2) is 58.7 Å². The lowest BCUT2D eigenvalue weighted by atomic mass is 10.1. The molecule has 0 unspecified atom stereocenters. The van der Waals surface area contributed by atoms with E-state index in [4.69, 9.17) is 0 Å². The molecular weight excluding hydrogens is 282 g/mol. The Morgan fingerprint density at radius 3 is 1.95 bits per heavy atom. The number of urea groups is 1. The quantitative estimate of drug-likeness (QED) is 0.586. The first kappa shape index (κ1) is 16.3. The number of piperidine rings is 1. The summed E-state index contributed by atoms with van der Waals surface area (Å²) in [4.78, 5) is 40.9. The minimum atomic E-state index is -0.530. The summed E-state index contributed by atoms with van der Waals surface area (Å²) in [7, 11) is 0. The van der Waals surface area contributed by atoms with Crippen LogP contribution in [0.15, 0.2) is 23.9 Å². The van der Waals surface area contributed by atoms with E-state index in [0.29, 0.717) is 0 Å². The van der Waals surface area contributed by atoms with Gasteiger partial charge < -0.3 is 4.90 Å². The third-order valence-corrected chi connectivity index (χ3v) is 4.00. The fourth-order valence-electron chi connectivity index (χ4n) is 2.73. The average Bonchev–Trinajstić information content (AvgIpc) is 2.52. The van der Waals surface area contributed by atoms with Crippen molar-refractivity contribution < 1.29 is 14.4 Å². The number of allylic oxidation sites excluding steroid dienone is 2. The van der Waals surface area contributed by atoms with Crippen molar-refractivity contribution >= 4 is 17.8 Å². The van der Waals surface area contributed by atoms with Crippen LogP contribution >= 0.6 is 0 Å². The van der Waals surface area contributed by atoms with Crippen LogP contribution in [0.4, 0.5) is 4.79 Å². The summed E-state index contributed by atoms with van der Waals surface area (Å²) in [6.45, 7) is 5.97. The van der Waals surface area contributed by atoms with Gasteiger partial charge in [0.1, 0.15) is 5.57 Å². The lowest BCUT2D eigenvalue weighted by Gasteiger charge is -2.32. The molecule has 22 heavy (non-hydrogen) atoms. The van der Waals surface area contributed by atoms with Crippen molar-refractivity contribution in [2.75, 3.05) is 26.2 Å². The van der Waals surface area contributed by atoms with Crippen molar-refractivity contribution in [2.45, 2.75) is 33.1 Å². The molecule has 0 radical (unpaired) electrons. The van der Waals surface area contributed by atoms with Crippen LogP contribution in [0.3, 0.4) is 0 Å². The predicted octanol–water partition coefficient (Wildman–Crippen LogP) is 1.74. The van der Waals surface area contributed by atoms with E-state index in [1.165, 1.54) is 25.3 Å². The molecule has 0 aromatic carbocycles. The second-order valence-corrected chi connectivity index (χ2v) is 5.40. The van der Waals surface area contributed by atoms with Crippen molar-refractivity contribution in [1.29, 1.82) is 0 Å². The molecule has 0 saturated carbocycles. The Kier molecular flexibility index (Phi) is 5.35. The van der Waals surface area contributed by atoms with Gasteiger partial charge in [-0.2, -0.15) is 0 Å². The van der Waals surface area contributed by atoms with Crippen LogP contribution in [0.2, 0.25) is 0 Å². The van der Waals surface area contributed by atoms with Crippen LogP contribution in [0.25, 0.3) is 0 Å². The summed E-state index contributed by atoms with van der Waals surface area (Å²) < 4.78 is 0. The summed E-state index contributed by atoms with van der Waals surface area (Å²) in [6.07, 6.45) is 8.75. The maximum atomic E-state index is 12.3. The van der Waals surface area contributed by atoms with E-state index >= 15 is 0 Å². The van der Waals surface area contributed by atoms with E-state index in [1.807, 2.05) is 6.20 Å². The number of carbonyl (C=O) groups is 3. The van der Waals surface area contributed by atoms with Crippen LogP contribution in [0.1, 0.15) is 33.1 Å². The molecule has 2 aliphatic rings. The topological polar surface area (TPSA) is 60.9 Å². The molecule has 0 atom stereocenters. The first-order valence-electron chi connectivity index (χ1n) is 7.90. The van der Waals surface area contributed by atoms with Crippen LogP contribution in [0.5, 0.6) is 0 Å². The summed E-state index contributed by atoms with van der Waals surface area (Å²) in [5.74, 6) is -1.02. The Balaban J connectivity index is 2.17. The van der Waals surface area contributed by atoms with Crippen molar-refractivity contribution in [3.05, 3.63) is 23.9 Å². The average molecular weight is 305 g/mol. The third kappa shape index (κ3) is 3.21. The lowest BCUT2D eigenvalue weighted by Crippen LogP contribution is -2.56. The number of imide groups is 2. The molecule has 0 aliphatic carbocycles. The van der Waals surface area contributed by atoms with Gasteiger partial charge in [0.2, 0.25) is 0 Å².